The highest BCUT2D eigenvalue weighted by Gasteiger charge is 2.38. The lowest BCUT2D eigenvalue weighted by Gasteiger charge is -2.13. The maximum absolute atomic E-state index is 13.0. The maximum atomic E-state index is 13.0. The van der Waals surface area contributed by atoms with Crippen LogP contribution in [-0.2, 0) is 11.0 Å². The molecule has 28 heavy (non-hydrogen) atoms. The Labute approximate surface area is 154 Å². The molecule has 0 N–H and O–H groups in total. The van der Waals surface area contributed by atoms with Gasteiger partial charge in [0.15, 0.2) is 11.6 Å². The van der Waals surface area contributed by atoms with E-state index >= 15 is 0 Å². The molecule has 0 saturated heterocycles. The van der Waals surface area contributed by atoms with Crippen LogP contribution < -0.4 is 0 Å². The largest absolute Gasteiger partial charge is 0.416 e. The maximum Gasteiger partial charge on any atom is 0.416 e. The van der Waals surface area contributed by atoms with E-state index < -0.39 is 57.0 Å². The number of nitro benzene ring substituents is 1. The Morgan fingerprint density at radius 3 is 2.04 bits per heavy atom. The number of benzene rings is 2. The van der Waals surface area contributed by atoms with Crippen LogP contribution in [0.25, 0.3) is 0 Å². The molecule has 0 aliphatic carbocycles. The van der Waals surface area contributed by atoms with Crippen molar-refractivity contribution in [3.05, 3.63) is 75.1 Å². The van der Waals surface area contributed by atoms with Gasteiger partial charge in [0.2, 0.25) is 0 Å². The van der Waals surface area contributed by atoms with Crippen molar-refractivity contribution in [1.29, 1.82) is 0 Å². The molecule has 2 rings (SSSR count). The van der Waals surface area contributed by atoms with E-state index in [0.29, 0.717) is 12.1 Å². The predicted octanol–water partition coefficient (Wildman–Crippen LogP) is 4.02. The van der Waals surface area contributed by atoms with Crippen LogP contribution in [0.15, 0.2) is 42.5 Å². The third kappa shape index (κ3) is 4.27. The van der Waals surface area contributed by atoms with Crippen LogP contribution >= 0.6 is 0 Å². The van der Waals surface area contributed by atoms with Gasteiger partial charge in [0.1, 0.15) is 17.5 Å². The number of nitrogens with zero attached hydrogens (tertiary/aromatic N) is 1. The van der Waals surface area contributed by atoms with Gasteiger partial charge in [0.05, 0.1) is 16.1 Å². The van der Waals surface area contributed by atoms with Crippen molar-refractivity contribution >= 4 is 23.0 Å². The van der Waals surface area contributed by atoms with E-state index in [9.17, 15) is 42.1 Å². The SMILES string of the molecule is CC(=O)C(C(=O)c1ccc(F)cc1)C(=O)c1ccc(C(F)(F)F)cc1[N+](=O)[O-]. The molecule has 0 heterocycles. The van der Waals surface area contributed by atoms with E-state index in [0.717, 1.165) is 31.2 Å². The minimum atomic E-state index is -4.89. The van der Waals surface area contributed by atoms with Gasteiger partial charge in [-0.15, -0.1) is 0 Å². The van der Waals surface area contributed by atoms with Crippen LogP contribution in [0.3, 0.4) is 0 Å². The fourth-order valence-corrected chi connectivity index (χ4v) is 2.49. The Morgan fingerprint density at radius 2 is 1.57 bits per heavy atom. The van der Waals surface area contributed by atoms with Gasteiger partial charge in [0, 0.05) is 11.6 Å². The Kier molecular flexibility index (Phi) is 5.72. The molecule has 0 aliphatic heterocycles. The highest BCUT2D eigenvalue weighted by molar-refractivity contribution is 6.28. The number of Topliss-reactive ketones (excluding diaryl/α,β-unsaturated/α-hetero) is 3. The lowest BCUT2D eigenvalue weighted by molar-refractivity contribution is -0.385. The molecular weight excluding hydrogens is 386 g/mol. The number of hydrogen-bond donors (Lipinski definition) is 0. The van der Waals surface area contributed by atoms with E-state index in [1.807, 2.05) is 0 Å². The second kappa shape index (κ2) is 7.67. The van der Waals surface area contributed by atoms with E-state index in [2.05, 4.69) is 0 Å². The fourth-order valence-electron chi connectivity index (χ4n) is 2.49. The number of hydrogen-bond acceptors (Lipinski definition) is 5. The zero-order valence-electron chi connectivity index (χ0n) is 14.1. The second-order valence-electron chi connectivity index (χ2n) is 5.77. The van der Waals surface area contributed by atoms with Crippen LogP contribution in [0.5, 0.6) is 0 Å². The summed E-state index contributed by atoms with van der Waals surface area (Å²) < 4.78 is 51.4. The Hall–Kier alpha value is -3.43. The molecule has 0 aromatic heterocycles. The summed E-state index contributed by atoms with van der Waals surface area (Å²) in [4.78, 5) is 47.0. The molecule has 0 aliphatic rings. The predicted molar refractivity (Wildman–Crippen MR) is 87.3 cm³/mol. The third-order valence-corrected chi connectivity index (χ3v) is 3.85. The Morgan fingerprint density at radius 1 is 1.00 bits per heavy atom. The van der Waals surface area contributed by atoms with Gasteiger partial charge >= 0.3 is 6.18 Å². The number of halogens is 4. The molecule has 0 spiro atoms. The molecule has 1 atom stereocenters. The first-order valence-electron chi connectivity index (χ1n) is 7.63. The van der Waals surface area contributed by atoms with Gasteiger partial charge in [-0.2, -0.15) is 13.2 Å². The van der Waals surface area contributed by atoms with Gasteiger partial charge in [-0.1, -0.05) is 0 Å². The number of ketones is 3. The molecule has 146 valence electrons. The lowest BCUT2D eigenvalue weighted by Crippen LogP contribution is -2.31. The number of carbonyl (C=O) groups is 3. The molecule has 0 amide bonds. The van der Waals surface area contributed by atoms with Gasteiger partial charge in [0.25, 0.3) is 5.69 Å². The summed E-state index contributed by atoms with van der Waals surface area (Å²) in [6.45, 7) is 0.889. The number of carbonyl (C=O) groups excluding carboxylic acids is 3. The van der Waals surface area contributed by atoms with Gasteiger partial charge in [-0.3, -0.25) is 24.5 Å². The first kappa shape index (κ1) is 20.9. The third-order valence-electron chi connectivity index (χ3n) is 3.85. The standard InChI is InChI=1S/C18H11F4NO5/c1-9(24)15(16(25)10-2-5-12(19)6-3-10)17(26)13-7-4-11(18(20,21)22)8-14(13)23(27)28/h2-8,15H,1H3. The molecular formula is C18H11F4NO5. The molecule has 10 heteroatoms. The van der Waals surface area contributed by atoms with Crippen LogP contribution in [0, 0.1) is 21.8 Å². The number of rotatable bonds is 6. The van der Waals surface area contributed by atoms with E-state index in [1.54, 1.807) is 0 Å². The topological polar surface area (TPSA) is 94.3 Å². The zero-order valence-corrected chi connectivity index (χ0v) is 14.1. The minimum Gasteiger partial charge on any atom is -0.299 e. The average Bonchev–Trinajstić information content (AvgIpc) is 2.60. The highest BCUT2D eigenvalue weighted by Crippen LogP contribution is 2.34. The summed E-state index contributed by atoms with van der Waals surface area (Å²) >= 11 is 0. The Balaban J connectivity index is 2.54. The monoisotopic (exact) mass is 397 g/mol. The average molecular weight is 397 g/mol. The molecule has 1 unspecified atom stereocenters. The second-order valence-corrected chi connectivity index (χ2v) is 5.77. The van der Waals surface area contributed by atoms with Crippen LogP contribution in [0.4, 0.5) is 23.2 Å². The molecule has 2 aromatic rings. The highest BCUT2D eigenvalue weighted by atomic mass is 19.4. The van der Waals surface area contributed by atoms with Crippen molar-refractivity contribution in [2.45, 2.75) is 13.1 Å². The first-order valence-corrected chi connectivity index (χ1v) is 7.63. The van der Waals surface area contributed by atoms with Crippen LogP contribution in [0.1, 0.15) is 33.2 Å². The molecule has 2 aromatic carbocycles. The van der Waals surface area contributed by atoms with E-state index in [4.69, 9.17) is 0 Å². The van der Waals surface area contributed by atoms with Crippen molar-refractivity contribution in [2.75, 3.05) is 0 Å². The number of alkyl halides is 3. The quantitative estimate of drug-likeness (QED) is 0.241. The summed E-state index contributed by atoms with van der Waals surface area (Å²) in [5.41, 5.74) is -3.56. The molecule has 0 saturated carbocycles. The summed E-state index contributed by atoms with van der Waals surface area (Å²) in [6, 6.07) is 5.01. The van der Waals surface area contributed by atoms with Crippen LogP contribution in [0.2, 0.25) is 0 Å². The van der Waals surface area contributed by atoms with Crippen molar-refractivity contribution in [2.24, 2.45) is 5.92 Å². The fraction of sp³-hybridized carbons (Fsp3) is 0.167. The summed E-state index contributed by atoms with van der Waals surface area (Å²) in [5, 5.41) is 11.1. The van der Waals surface area contributed by atoms with Gasteiger partial charge in [-0.25, -0.2) is 4.39 Å². The molecule has 6 nitrogen and oxygen atoms in total. The van der Waals surface area contributed by atoms with E-state index in [-0.39, 0.29) is 11.6 Å². The van der Waals surface area contributed by atoms with Gasteiger partial charge < -0.3 is 0 Å². The molecule has 0 fully saturated rings. The van der Waals surface area contributed by atoms with Gasteiger partial charge in [-0.05, 0) is 43.3 Å². The summed E-state index contributed by atoms with van der Waals surface area (Å²) in [7, 11) is 0. The van der Waals surface area contributed by atoms with Crippen molar-refractivity contribution in [3.63, 3.8) is 0 Å². The molecule has 0 bridgehead atoms. The zero-order chi connectivity index (χ0) is 21.2. The van der Waals surface area contributed by atoms with Crippen molar-refractivity contribution in [3.8, 4) is 0 Å². The van der Waals surface area contributed by atoms with E-state index in [1.165, 1.54) is 0 Å². The smallest absolute Gasteiger partial charge is 0.299 e. The number of nitro groups is 1. The van der Waals surface area contributed by atoms with Crippen molar-refractivity contribution in [1.82, 2.24) is 0 Å². The lowest BCUT2D eigenvalue weighted by atomic mass is 9.86. The minimum absolute atomic E-state index is 0.160. The normalized spacial score (nSPS) is 12.3. The Bertz CT molecular complexity index is 967. The first-order chi connectivity index (χ1) is 12.9. The van der Waals surface area contributed by atoms with Crippen molar-refractivity contribution < 1.29 is 36.9 Å². The van der Waals surface area contributed by atoms with Crippen LogP contribution in [-0.4, -0.2) is 22.3 Å². The summed E-state index contributed by atoms with van der Waals surface area (Å²) in [6.07, 6.45) is -4.89. The summed E-state index contributed by atoms with van der Waals surface area (Å²) in [5.74, 6) is -6.02. The molecule has 0 radical (unpaired) electrons.